The molecule has 0 saturated carbocycles. The molecule has 0 radical (unpaired) electrons. The van der Waals surface area contributed by atoms with E-state index in [9.17, 15) is 4.79 Å². The molecule has 0 aliphatic heterocycles. The number of carbonyl (C=O) groups is 1. The van der Waals surface area contributed by atoms with Crippen LogP contribution in [0.5, 0.6) is 5.75 Å². The van der Waals surface area contributed by atoms with Crippen LogP contribution < -0.4 is 10.1 Å². The number of aromatic nitrogens is 1. The molecule has 1 heterocycles. The number of ether oxygens (including phenoxy) is 1. The van der Waals surface area contributed by atoms with E-state index in [4.69, 9.17) is 4.74 Å². The van der Waals surface area contributed by atoms with E-state index in [1.165, 1.54) is 11.3 Å². The molecule has 1 amide bonds. The molecule has 0 spiro atoms. The van der Waals surface area contributed by atoms with Crippen molar-refractivity contribution in [3.8, 4) is 5.75 Å². The van der Waals surface area contributed by atoms with E-state index in [-0.39, 0.29) is 5.91 Å². The van der Waals surface area contributed by atoms with Crippen LogP contribution in [0.2, 0.25) is 0 Å². The number of amides is 1. The highest BCUT2D eigenvalue weighted by Crippen LogP contribution is 2.20. The number of nitrogens with one attached hydrogen (secondary N) is 1. The zero-order valence-corrected chi connectivity index (χ0v) is 11.6. The van der Waals surface area contributed by atoms with E-state index in [1.54, 1.807) is 12.3 Å². The Morgan fingerprint density at radius 3 is 3.00 bits per heavy atom. The number of thiazole rings is 1. The minimum Gasteiger partial charge on any atom is -0.493 e. The second-order valence-electron chi connectivity index (χ2n) is 3.99. The molecule has 0 saturated heterocycles. The van der Waals surface area contributed by atoms with Gasteiger partial charge in [-0.05, 0) is 18.6 Å². The standard InChI is InChI=1S/C14H16N2O2S/c1-2-3-9-18-12-7-5-4-6-11(12)13(17)16-14-15-8-10-19-14/h4-8,10H,2-3,9H2,1H3,(H,15,16,17). The van der Waals surface area contributed by atoms with Gasteiger partial charge in [0.1, 0.15) is 5.75 Å². The largest absolute Gasteiger partial charge is 0.493 e. The van der Waals surface area contributed by atoms with E-state index >= 15 is 0 Å². The molecular weight excluding hydrogens is 260 g/mol. The maximum atomic E-state index is 12.1. The third kappa shape index (κ3) is 3.79. The minimum absolute atomic E-state index is 0.193. The lowest BCUT2D eigenvalue weighted by Crippen LogP contribution is -2.13. The molecule has 1 aromatic heterocycles. The lowest BCUT2D eigenvalue weighted by Gasteiger charge is -2.10. The Morgan fingerprint density at radius 1 is 1.42 bits per heavy atom. The predicted octanol–water partition coefficient (Wildman–Crippen LogP) is 3.57. The third-order valence-corrected chi connectivity index (χ3v) is 3.23. The topological polar surface area (TPSA) is 51.2 Å². The fraction of sp³-hybridized carbons (Fsp3) is 0.286. The number of anilines is 1. The van der Waals surface area contributed by atoms with Gasteiger partial charge in [0.2, 0.25) is 0 Å². The number of benzene rings is 1. The fourth-order valence-corrected chi connectivity index (χ4v) is 2.08. The Bertz CT molecular complexity index is 526. The van der Waals surface area contributed by atoms with Crippen molar-refractivity contribution < 1.29 is 9.53 Å². The van der Waals surface area contributed by atoms with Gasteiger partial charge in [0.15, 0.2) is 5.13 Å². The van der Waals surface area contributed by atoms with Gasteiger partial charge in [0.25, 0.3) is 5.91 Å². The molecule has 5 heteroatoms. The lowest BCUT2D eigenvalue weighted by atomic mass is 10.2. The molecule has 0 aliphatic carbocycles. The van der Waals surface area contributed by atoms with Crippen LogP contribution in [0.1, 0.15) is 30.1 Å². The first kappa shape index (κ1) is 13.5. The van der Waals surface area contributed by atoms with E-state index in [1.807, 2.05) is 23.6 Å². The van der Waals surface area contributed by atoms with Crippen molar-refractivity contribution in [2.75, 3.05) is 11.9 Å². The number of hydrogen-bond donors (Lipinski definition) is 1. The van der Waals surface area contributed by atoms with Gasteiger partial charge in [0.05, 0.1) is 12.2 Å². The van der Waals surface area contributed by atoms with E-state index < -0.39 is 0 Å². The quantitative estimate of drug-likeness (QED) is 0.820. The molecule has 0 bridgehead atoms. The summed E-state index contributed by atoms with van der Waals surface area (Å²) in [4.78, 5) is 16.2. The molecule has 0 unspecified atom stereocenters. The molecule has 0 atom stereocenters. The van der Waals surface area contributed by atoms with Crippen LogP contribution in [0.15, 0.2) is 35.8 Å². The summed E-state index contributed by atoms with van der Waals surface area (Å²) in [6.45, 7) is 2.72. The summed E-state index contributed by atoms with van der Waals surface area (Å²) in [5.74, 6) is 0.423. The van der Waals surface area contributed by atoms with Crippen LogP contribution in [0.3, 0.4) is 0 Å². The first-order valence-electron chi connectivity index (χ1n) is 6.24. The van der Waals surface area contributed by atoms with Crippen LogP contribution in [0, 0.1) is 0 Å². The Labute approximate surface area is 116 Å². The fourth-order valence-electron chi connectivity index (χ4n) is 1.56. The van der Waals surface area contributed by atoms with Crippen molar-refractivity contribution in [3.63, 3.8) is 0 Å². The predicted molar refractivity (Wildman–Crippen MR) is 76.9 cm³/mol. The van der Waals surface area contributed by atoms with Gasteiger partial charge in [-0.3, -0.25) is 10.1 Å². The molecule has 1 N–H and O–H groups in total. The molecule has 100 valence electrons. The maximum absolute atomic E-state index is 12.1. The number of rotatable bonds is 6. The second-order valence-corrected chi connectivity index (χ2v) is 4.88. The van der Waals surface area contributed by atoms with Gasteiger partial charge in [-0.2, -0.15) is 0 Å². The zero-order valence-electron chi connectivity index (χ0n) is 10.8. The highest BCUT2D eigenvalue weighted by atomic mass is 32.1. The van der Waals surface area contributed by atoms with Gasteiger partial charge in [0, 0.05) is 11.6 Å². The number of hydrogen-bond acceptors (Lipinski definition) is 4. The molecule has 19 heavy (non-hydrogen) atoms. The molecule has 1 aromatic carbocycles. The monoisotopic (exact) mass is 276 g/mol. The molecule has 2 aromatic rings. The summed E-state index contributed by atoms with van der Waals surface area (Å²) >= 11 is 1.39. The van der Waals surface area contributed by atoms with Crippen LogP contribution in [0.25, 0.3) is 0 Å². The number of carbonyl (C=O) groups excluding carboxylic acids is 1. The number of unbranched alkanes of at least 4 members (excludes halogenated alkanes) is 1. The van der Waals surface area contributed by atoms with E-state index in [0.29, 0.717) is 23.1 Å². The third-order valence-electron chi connectivity index (χ3n) is 2.54. The van der Waals surface area contributed by atoms with E-state index in [2.05, 4.69) is 17.2 Å². The zero-order chi connectivity index (χ0) is 13.5. The van der Waals surface area contributed by atoms with Gasteiger partial charge in [-0.1, -0.05) is 25.5 Å². The SMILES string of the molecule is CCCCOc1ccccc1C(=O)Nc1nccs1. The molecule has 4 nitrogen and oxygen atoms in total. The van der Waals surface area contributed by atoms with Gasteiger partial charge in [-0.15, -0.1) is 11.3 Å². The first-order chi connectivity index (χ1) is 9.31. The summed E-state index contributed by atoms with van der Waals surface area (Å²) < 4.78 is 5.64. The summed E-state index contributed by atoms with van der Waals surface area (Å²) in [6.07, 6.45) is 3.69. The van der Waals surface area contributed by atoms with Crippen LogP contribution in [0.4, 0.5) is 5.13 Å². The van der Waals surface area contributed by atoms with Crippen molar-refractivity contribution >= 4 is 22.4 Å². The van der Waals surface area contributed by atoms with Crippen molar-refractivity contribution in [2.24, 2.45) is 0 Å². The van der Waals surface area contributed by atoms with Crippen molar-refractivity contribution in [3.05, 3.63) is 41.4 Å². The number of para-hydroxylation sites is 1. The van der Waals surface area contributed by atoms with Crippen molar-refractivity contribution in [1.29, 1.82) is 0 Å². The highest BCUT2D eigenvalue weighted by Gasteiger charge is 2.12. The maximum Gasteiger partial charge on any atom is 0.261 e. The Balaban J connectivity index is 2.07. The average Bonchev–Trinajstić information content (AvgIpc) is 2.92. The molecule has 0 aliphatic rings. The Kier molecular flexibility index (Phi) is 4.92. The van der Waals surface area contributed by atoms with Gasteiger partial charge < -0.3 is 4.74 Å². The minimum atomic E-state index is -0.193. The van der Waals surface area contributed by atoms with Crippen molar-refractivity contribution in [1.82, 2.24) is 4.98 Å². The van der Waals surface area contributed by atoms with Gasteiger partial charge >= 0.3 is 0 Å². The first-order valence-corrected chi connectivity index (χ1v) is 7.12. The van der Waals surface area contributed by atoms with Crippen LogP contribution in [-0.2, 0) is 0 Å². The molecular formula is C14H16N2O2S. The molecule has 0 fully saturated rings. The van der Waals surface area contributed by atoms with Crippen molar-refractivity contribution in [2.45, 2.75) is 19.8 Å². The van der Waals surface area contributed by atoms with E-state index in [0.717, 1.165) is 12.8 Å². The van der Waals surface area contributed by atoms with Gasteiger partial charge in [-0.25, -0.2) is 4.98 Å². The Morgan fingerprint density at radius 2 is 2.26 bits per heavy atom. The average molecular weight is 276 g/mol. The summed E-state index contributed by atoms with van der Waals surface area (Å²) in [5.41, 5.74) is 0.536. The second kappa shape index (κ2) is 6.89. The highest BCUT2D eigenvalue weighted by molar-refractivity contribution is 7.13. The summed E-state index contributed by atoms with van der Waals surface area (Å²) in [7, 11) is 0. The molecule has 2 rings (SSSR count). The Hall–Kier alpha value is -1.88. The summed E-state index contributed by atoms with van der Waals surface area (Å²) in [6, 6.07) is 7.25. The number of nitrogens with zero attached hydrogens (tertiary/aromatic N) is 1. The van der Waals surface area contributed by atoms with Crippen LogP contribution in [-0.4, -0.2) is 17.5 Å². The van der Waals surface area contributed by atoms with Crippen LogP contribution >= 0.6 is 11.3 Å². The normalized spacial score (nSPS) is 10.2. The smallest absolute Gasteiger partial charge is 0.261 e. The lowest BCUT2D eigenvalue weighted by molar-refractivity contribution is 0.102. The summed E-state index contributed by atoms with van der Waals surface area (Å²) in [5, 5.41) is 5.17.